The quantitative estimate of drug-likeness (QED) is 0.584. The van der Waals surface area contributed by atoms with Crippen LogP contribution >= 0.6 is 0 Å². The van der Waals surface area contributed by atoms with Gasteiger partial charge in [-0.3, -0.25) is 9.67 Å². The second-order valence-corrected chi connectivity index (χ2v) is 5.91. The van der Waals surface area contributed by atoms with Crippen LogP contribution in [0.15, 0.2) is 48.8 Å². The van der Waals surface area contributed by atoms with Gasteiger partial charge in [0.2, 0.25) is 0 Å². The van der Waals surface area contributed by atoms with E-state index in [1.54, 1.807) is 23.1 Å². The molecule has 0 spiro atoms. The normalized spacial score (nSPS) is 11.1. The minimum Gasteiger partial charge on any atom is -0.384 e. The minimum absolute atomic E-state index is 0.290. The monoisotopic (exact) mass is 349 g/mol. The van der Waals surface area contributed by atoms with E-state index in [9.17, 15) is 4.39 Å². The second kappa shape index (κ2) is 6.40. The molecule has 26 heavy (non-hydrogen) atoms. The van der Waals surface area contributed by atoms with Crippen molar-refractivity contribution in [3.8, 4) is 0 Å². The van der Waals surface area contributed by atoms with Gasteiger partial charge >= 0.3 is 0 Å². The number of nitrogens with zero attached hydrogens (tertiary/aromatic N) is 5. The van der Waals surface area contributed by atoms with Crippen molar-refractivity contribution in [1.82, 2.24) is 24.7 Å². The fourth-order valence-corrected chi connectivity index (χ4v) is 2.94. The number of halogens is 1. The van der Waals surface area contributed by atoms with Crippen molar-refractivity contribution in [2.75, 3.05) is 11.5 Å². The van der Waals surface area contributed by atoms with Gasteiger partial charge in [-0.05, 0) is 17.7 Å². The molecule has 130 valence electrons. The Morgan fingerprint density at radius 3 is 2.58 bits per heavy atom. The number of rotatable bonds is 4. The average molecular weight is 349 g/mol. The van der Waals surface area contributed by atoms with E-state index in [1.165, 1.54) is 12.1 Å². The molecule has 0 saturated heterocycles. The first kappa shape index (κ1) is 15.9. The summed E-state index contributed by atoms with van der Waals surface area (Å²) in [4.78, 5) is 12.5. The number of hydrogen-bond acceptors (Lipinski definition) is 6. The number of nitrogens with two attached hydrogens (primary N) is 2. The van der Waals surface area contributed by atoms with Gasteiger partial charge in [0.15, 0.2) is 0 Å². The Morgan fingerprint density at radius 2 is 1.85 bits per heavy atom. The van der Waals surface area contributed by atoms with E-state index in [0.29, 0.717) is 35.4 Å². The molecule has 1 aromatic carbocycles. The van der Waals surface area contributed by atoms with E-state index < -0.39 is 0 Å². The fraction of sp³-hybridized carbons (Fsp3) is 0.111. The molecule has 7 nitrogen and oxygen atoms in total. The highest BCUT2D eigenvalue weighted by molar-refractivity contribution is 5.83. The molecule has 0 radical (unpaired) electrons. The van der Waals surface area contributed by atoms with Crippen LogP contribution in [0.1, 0.15) is 17.1 Å². The fourth-order valence-electron chi connectivity index (χ4n) is 2.94. The highest BCUT2D eigenvalue weighted by Crippen LogP contribution is 2.24. The molecule has 0 aliphatic carbocycles. The van der Waals surface area contributed by atoms with Gasteiger partial charge in [0.1, 0.15) is 28.8 Å². The van der Waals surface area contributed by atoms with Crippen LogP contribution in [0.3, 0.4) is 0 Å². The molecule has 0 saturated carbocycles. The Bertz CT molecular complexity index is 1060. The van der Waals surface area contributed by atoms with Crippen LogP contribution in [0.4, 0.5) is 16.0 Å². The van der Waals surface area contributed by atoms with Crippen LogP contribution in [0.25, 0.3) is 10.9 Å². The highest BCUT2D eigenvalue weighted by Gasteiger charge is 2.16. The third-order valence-electron chi connectivity index (χ3n) is 3.99. The summed E-state index contributed by atoms with van der Waals surface area (Å²) in [5.74, 6) is 0.688. The SMILES string of the molecule is Nc1cc(N)nc(Cc2nn(Cc3cccnc3)c3c(F)cccc23)n1. The molecule has 0 fully saturated rings. The summed E-state index contributed by atoms with van der Waals surface area (Å²) in [6.45, 7) is 0.408. The summed E-state index contributed by atoms with van der Waals surface area (Å²) >= 11 is 0. The molecule has 3 heterocycles. The number of nitrogen functional groups attached to an aromatic ring is 2. The van der Waals surface area contributed by atoms with E-state index in [-0.39, 0.29) is 17.5 Å². The van der Waals surface area contributed by atoms with Gasteiger partial charge in [-0.25, -0.2) is 14.4 Å². The maximum Gasteiger partial charge on any atom is 0.149 e. The van der Waals surface area contributed by atoms with Crippen LogP contribution in [0, 0.1) is 5.82 Å². The predicted molar refractivity (Wildman–Crippen MR) is 96.7 cm³/mol. The molecular weight excluding hydrogens is 333 g/mol. The van der Waals surface area contributed by atoms with E-state index in [1.807, 2.05) is 18.2 Å². The van der Waals surface area contributed by atoms with Crippen molar-refractivity contribution >= 4 is 22.5 Å². The molecule has 0 amide bonds. The van der Waals surface area contributed by atoms with Gasteiger partial charge in [-0.15, -0.1) is 0 Å². The molecule has 0 bridgehead atoms. The van der Waals surface area contributed by atoms with Crippen molar-refractivity contribution in [3.05, 3.63) is 71.7 Å². The summed E-state index contributed by atoms with van der Waals surface area (Å²) in [5, 5.41) is 5.29. The molecule has 8 heteroatoms. The lowest BCUT2D eigenvalue weighted by atomic mass is 10.1. The van der Waals surface area contributed by atoms with Crippen LogP contribution < -0.4 is 11.5 Å². The van der Waals surface area contributed by atoms with Crippen LogP contribution in [0.5, 0.6) is 0 Å². The first-order valence-corrected chi connectivity index (χ1v) is 8.02. The van der Waals surface area contributed by atoms with Crippen LogP contribution in [-0.2, 0) is 13.0 Å². The molecule has 0 aliphatic rings. The number of para-hydroxylation sites is 1. The lowest BCUT2D eigenvalue weighted by Gasteiger charge is -2.03. The largest absolute Gasteiger partial charge is 0.384 e. The van der Waals surface area contributed by atoms with Gasteiger partial charge in [-0.2, -0.15) is 5.10 Å². The maximum atomic E-state index is 14.5. The smallest absolute Gasteiger partial charge is 0.149 e. The van der Waals surface area contributed by atoms with Gasteiger partial charge in [-0.1, -0.05) is 18.2 Å². The zero-order valence-electron chi connectivity index (χ0n) is 13.8. The Kier molecular flexibility index (Phi) is 3.92. The zero-order valence-corrected chi connectivity index (χ0v) is 13.8. The van der Waals surface area contributed by atoms with E-state index in [2.05, 4.69) is 20.1 Å². The van der Waals surface area contributed by atoms with Gasteiger partial charge < -0.3 is 11.5 Å². The standard InChI is InChI=1S/C18H16FN7/c19-13-5-1-4-12-14(7-17-23-15(20)8-16(21)24-17)25-26(18(12)13)10-11-3-2-6-22-9-11/h1-6,8-9H,7,10H2,(H4,20,21,23,24). The maximum absolute atomic E-state index is 14.5. The van der Waals surface area contributed by atoms with Crippen molar-refractivity contribution in [2.45, 2.75) is 13.0 Å². The number of benzene rings is 1. The van der Waals surface area contributed by atoms with Gasteiger partial charge in [0, 0.05) is 23.8 Å². The zero-order chi connectivity index (χ0) is 18.1. The van der Waals surface area contributed by atoms with Gasteiger partial charge in [0.25, 0.3) is 0 Å². The van der Waals surface area contributed by atoms with Crippen molar-refractivity contribution in [3.63, 3.8) is 0 Å². The number of aromatic nitrogens is 5. The van der Waals surface area contributed by atoms with Gasteiger partial charge in [0.05, 0.1) is 18.7 Å². The number of anilines is 2. The molecule has 4 aromatic rings. The van der Waals surface area contributed by atoms with Crippen molar-refractivity contribution < 1.29 is 4.39 Å². The minimum atomic E-state index is -0.335. The molecule has 0 unspecified atom stereocenters. The summed E-state index contributed by atoms with van der Waals surface area (Å²) < 4.78 is 16.1. The molecule has 0 aliphatic heterocycles. The lowest BCUT2D eigenvalue weighted by Crippen LogP contribution is -2.06. The number of fused-ring (bicyclic) bond motifs is 1. The topological polar surface area (TPSA) is 109 Å². The Labute approximate surface area is 148 Å². The van der Waals surface area contributed by atoms with Crippen molar-refractivity contribution in [2.24, 2.45) is 0 Å². The molecule has 3 aromatic heterocycles. The predicted octanol–water partition coefficient (Wildman–Crippen LogP) is 2.16. The summed E-state index contributed by atoms with van der Waals surface area (Å²) in [6.07, 6.45) is 3.73. The van der Waals surface area contributed by atoms with E-state index >= 15 is 0 Å². The molecular formula is C18H16FN7. The van der Waals surface area contributed by atoms with Crippen molar-refractivity contribution in [1.29, 1.82) is 0 Å². The third kappa shape index (κ3) is 3.04. The summed E-state index contributed by atoms with van der Waals surface area (Å²) in [6, 6.07) is 10.1. The highest BCUT2D eigenvalue weighted by atomic mass is 19.1. The molecule has 4 rings (SSSR count). The first-order valence-electron chi connectivity index (χ1n) is 8.02. The lowest BCUT2D eigenvalue weighted by molar-refractivity contribution is 0.614. The average Bonchev–Trinajstić information content (AvgIpc) is 2.93. The van der Waals surface area contributed by atoms with E-state index in [4.69, 9.17) is 11.5 Å². The second-order valence-electron chi connectivity index (χ2n) is 5.91. The van der Waals surface area contributed by atoms with Crippen LogP contribution in [0.2, 0.25) is 0 Å². The summed E-state index contributed by atoms with van der Waals surface area (Å²) in [7, 11) is 0. The molecule has 0 atom stereocenters. The Hall–Kier alpha value is -3.55. The first-order chi connectivity index (χ1) is 12.6. The molecule has 4 N–H and O–H groups in total. The number of hydrogen-bond donors (Lipinski definition) is 2. The Balaban J connectivity index is 1.79. The third-order valence-corrected chi connectivity index (χ3v) is 3.99. The van der Waals surface area contributed by atoms with Crippen LogP contribution in [-0.4, -0.2) is 24.7 Å². The summed E-state index contributed by atoms with van der Waals surface area (Å²) in [5.41, 5.74) is 13.5. The Morgan fingerprint density at radius 1 is 1.04 bits per heavy atom. The number of pyridine rings is 1. The van der Waals surface area contributed by atoms with E-state index in [0.717, 1.165) is 5.56 Å².